The minimum Gasteiger partial charge on any atom is -0.481 e. The molecule has 7 heteroatoms. The van der Waals surface area contributed by atoms with Gasteiger partial charge in [-0.15, -0.1) is 0 Å². The Bertz CT molecular complexity index is 1210. The second kappa shape index (κ2) is 10.9. The number of carboxylic acids is 1. The topological polar surface area (TPSA) is 101 Å². The second-order valence-corrected chi connectivity index (χ2v) is 9.02. The fourth-order valence-electron chi connectivity index (χ4n) is 4.24. The Kier molecular flexibility index (Phi) is 7.99. The normalized spacial score (nSPS) is 12.9. The predicted molar refractivity (Wildman–Crippen MR) is 131 cm³/mol. The summed E-state index contributed by atoms with van der Waals surface area (Å²) in [5.74, 6) is -1.29. The van der Waals surface area contributed by atoms with Crippen molar-refractivity contribution in [1.29, 1.82) is 0 Å². The molecule has 1 unspecified atom stereocenters. The molecular formula is C27H31N3O4. The first kappa shape index (κ1) is 24.9. The van der Waals surface area contributed by atoms with Crippen molar-refractivity contribution in [2.45, 2.75) is 52.6 Å². The van der Waals surface area contributed by atoms with Crippen molar-refractivity contribution in [2.24, 2.45) is 5.92 Å². The maximum absolute atomic E-state index is 13.4. The van der Waals surface area contributed by atoms with Crippen LogP contribution in [-0.2, 0) is 9.59 Å². The van der Waals surface area contributed by atoms with Gasteiger partial charge < -0.3 is 15.0 Å². The molecule has 0 saturated carbocycles. The largest absolute Gasteiger partial charge is 0.481 e. The van der Waals surface area contributed by atoms with Crippen molar-refractivity contribution < 1.29 is 14.7 Å². The average Bonchev–Trinajstić information content (AvgIpc) is 2.77. The fourth-order valence-corrected chi connectivity index (χ4v) is 4.24. The molecule has 7 nitrogen and oxygen atoms in total. The van der Waals surface area contributed by atoms with Gasteiger partial charge in [0.15, 0.2) is 0 Å². The van der Waals surface area contributed by atoms with Crippen molar-refractivity contribution in [3.8, 4) is 11.1 Å². The number of aryl methyl sites for hydroxylation is 2. The first-order valence-corrected chi connectivity index (χ1v) is 11.4. The van der Waals surface area contributed by atoms with E-state index in [1.807, 2.05) is 52.0 Å². The fraction of sp³-hybridized carbons (Fsp3) is 0.333. The Morgan fingerprint density at radius 2 is 1.76 bits per heavy atom. The monoisotopic (exact) mass is 461 g/mol. The molecule has 3 aromatic rings. The van der Waals surface area contributed by atoms with Gasteiger partial charge in [0.05, 0.1) is 12.5 Å². The zero-order valence-corrected chi connectivity index (χ0v) is 20.0. The number of hydrogen-bond acceptors (Lipinski definition) is 4. The standard InChI is InChI=1S/C27H31N3O4/c1-17(2)12-23(30-11-6-5-10-24(30)31)27(34)29-22(14-25(32)33)20-13-21(16-28-15-20)26-18(3)8-7-9-19(26)4/h5-11,13,15-17,22-23H,12,14H2,1-4H3,(H,29,34)(H,32,33)/t22-,23?/m0/s1. The molecular weight excluding hydrogens is 430 g/mol. The Hall–Kier alpha value is -3.74. The molecule has 34 heavy (non-hydrogen) atoms. The number of carbonyl (C=O) groups excluding carboxylic acids is 1. The van der Waals surface area contributed by atoms with Gasteiger partial charge in [-0.05, 0) is 60.6 Å². The number of amides is 1. The van der Waals surface area contributed by atoms with Crippen LogP contribution in [0.3, 0.4) is 0 Å². The highest BCUT2D eigenvalue weighted by molar-refractivity contribution is 5.82. The molecule has 0 aliphatic rings. The minimum atomic E-state index is -1.04. The molecule has 2 aromatic heterocycles. The third-order valence-corrected chi connectivity index (χ3v) is 5.81. The number of nitrogens with zero attached hydrogens (tertiary/aromatic N) is 2. The van der Waals surface area contributed by atoms with Crippen molar-refractivity contribution >= 4 is 11.9 Å². The number of rotatable bonds is 9. The molecule has 0 saturated heterocycles. The summed E-state index contributed by atoms with van der Waals surface area (Å²) in [6.45, 7) is 7.97. The molecule has 1 aromatic carbocycles. The SMILES string of the molecule is Cc1cccc(C)c1-c1cncc([C@H](CC(=O)O)NC(=O)C(CC(C)C)n2ccccc2=O)c1. The van der Waals surface area contributed by atoms with Gasteiger partial charge in [0.2, 0.25) is 5.91 Å². The number of aliphatic carboxylic acids is 1. The Labute approximate surface area is 199 Å². The van der Waals surface area contributed by atoms with Crippen LogP contribution in [0, 0.1) is 19.8 Å². The van der Waals surface area contributed by atoms with E-state index in [4.69, 9.17) is 0 Å². The molecule has 2 heterocycles. The lowest BCUT2D eigenvalue weighted by Crippen LogP contribution is -2.40. The van der Waals surface area contributed by atoms with E-state index in [0.717, 1.165) is 22.3 Å². The highest BCUT2D eigenvalue weighted by Gasteiger charge is 2.27. The molecule has 1 amide bonds. The zero-order chi connectivity index (χ0) is 24.8. The van der Waals surface area contributed by atoms with E-state index in [0.29, 0.717) is 12.0 Å². The highest BCUT2D eigenvalue weighted by Crippen LogP contribution is 2.29. The van der Waals surface area contributed by atoms with Crippen LogP contribution >= 0.6 is 0 Å². The van der Waals surface area contributed by atoms with Crippen LogP contribution in [0.15, 0.2) is 65.8 Å². The summed E-state index contributed by atoms with van der Waals surface area (Å²) in [5, 5.41) is 12.4. The van der Waals surface area contributed by atoms with E-state index in [9.17, 15) is 19.5 Å². The van der Waals surface area contributed by atoms with Gasteiger partial charge in [-0.2, -0.15) is 0 Å². The molecule has 2 atom stereocenters. The molecule has 2 N–H and O–H groups in total. The number of carboxylic acid groups (broad SMARTS) is 1. The third kappa shape index (κ3) is 5.98. The molecule has 0 bridgehead atoms. The van der Waals surface area contributed by atoms with E-state index < -0.39 is 24.0 Å². The van der Waals surface area contributed by atoms with E-state index >= 15 is 0 Å². The molecule has 178 valence electrons. The molecule has 0 aliphatic heterocycles. The summed E-state index contributed by atoms with van der Waals surface area (Å²) in [6, 6.07) is 11.1. The van der Waals surface area contributed by atoms with Crippen LogP contribution in [0.25, 0.3) is 11.1 Å². The van der Waals surface area contributed by atoms with Crippen LogP contribution < -0.4 is 10.9 Å². The van der Waals surface area contributed by atoms with E-state index in [1.165, 1.54) is 10.6 Å². The van der Waals surface area contributed by atoms with Crippen LogP contribution in [0.2, 0.25) is 0 Å². The van der Waals surface area contributed by atoms with Crippen molar-refractivity contribution in [1.82, 2.24) is 14.9 Å². The lowest BCUT2D eigenvalue weighted by molar-refractivity contribution is -0.138. The van der Waals surface area contributed by atoms with Crippen LogP contribution in [-0.4, -0.2) is 26.5 Å². The van der Waals surface area contributed by atoms with Crippen LogP contribution in [0.4, 0.5) is 0 Å². The summed E-state index contributed by atoms with van der Waals surface area (Å²) in [5.41, 5.74) is 4.37. The third-order valence-electron chi connectivity index (χ3n) is 5.81. The van der Waals surface area contributed by atoms with Crippen molar-refractivity contribution in [3.05, 3.63) is 88.1 Å². The van der Waals surface area contributed by atoms with Gasteiger partial charge in [-0.3, -0.25) is 19.4 Å². The van der Waals surface area contributed by atoms with Crippen molar-refractivity contribution in [2.75, 3.05) is 0 Å². The second-order valence-electron chi connectivity index (χ2n) is 9.02. The summed E-state index contributed by atoms with van der Waals surface area (Å²) in [4.78, 5) is 41.8. The molecule has 0 spiro atoms. The number of nitrogens with one attached hydrogen (secondary N) is 1. The van der Waals surface area contributed by atoms with Crippen molar-refractivity contribution in [3.63, 3.8) is 0 Å². The predicted octanol–water partition coefficient (Wildman–Crippen LogP) is 4.45. The Morgan fingerprint density at radius 3 is 2.38 bits per heavy atom. The van der Waals surface area contributed by atoms with Crippen LogP contribution in [0.1, 0.15) is 55.5 Å². The quantitative estimate of drug-likeness (QED) is 0.490. The highest BCUT2D eigenvalue weighted by atomic mass is 16.4. The number of pyridine rings is 2. The summed E-state index contributed by atoms with van der Waals surface area (Å²) < 4.78 is 1.40. The van der Waals surface area contributed by atoms with E-state index in [2.05, 4.69) is 10.3 Å². The Balaban J connectivity index is 1.97. The van der Waals surface area contributed by atoms with E-state index in [1.54, 1.807) is 30.7 Å². The van der Waals surface area contributed by atoms with Crippen LogP contribution in [0.5, 0.6) is 0 Å². The minimum absolute atomic E-state index is 0.148. The number of carbonyl (C=O) groups is 2. The van der Waals surface area contributed by atoms with Gasteiger partial charge in [-0.1, -0.05) is 38.1 Å². The number of aromatic nitrogens is 2. The molecule has 3 rings (SSSR count). The summed E-state index contributed by atoms with van der Waals surface area (Å²) in [7, 11) is 0. The van der Waals surface area contributed by atoms with Gasteiger partial charge in [-0.25, -0.2) is 0 Å². The van der Waals surface area contributed by atoms with E-state index in [-0.39, 0.29) is 17.9 Å². The lowest BCUT2D eigenvalue weighted by Gasteiger charge is -2.25. The van der Waals surface area contributed by atoms with Gasteiger partial charge in [0, 0.05) is 30.2 Å². The smallest absolute Gasteiger partial charge is 0.305 e. The molecule has 0 fully saturated rings. The number of hydrogen-bond donors (Lipinski definition) is 2. The maximum atomic E-state index is 13.4. The van der Waals surface area contributed by atoms with Gasteiger partial charge in [0.1, 0.15) is 6.04 Å². The van der Waals surface area contributed by atoms with Gasteiger partial charge >= 0.3 is 5.97 Å². The first-order chi connectivity index (χ1) is 16.2. The summed E-state index contributed by atoms with van der Waals surface area (Å²) in [6.07, 6.45) is 5.04. The molecule has 0 radical (unpaired) electrons. The first-order valence-electron chi connectivity index (χ1n) is 11.4. The maximum Gasteiger partial charge on any atom is 0.305 e. The zero-order valence-electron chi connectivity index (χ0n) is 20.0. The average molecular weight is 462 g/mol. The summed E-state index contributed by atoms with van der Waals surface area (Å²) >= 11 is 0. The number of benzene rings is 1. The molecule has 0 aliphatic carbocycles. The van der Waals surface area contributed by atoms with Gasteiger partial charge in [0.25, 0.3) is 5.56 Å². The lowest BCUT2D eigenvalue weighted by atomic mass is 9.94. The Morgan fingerprint density at radius 1 is 1.06 bits per heavy atom.